The molecule has 0 bridgehead atoms. The van der Waals surface area contributed by atoms with E-state index in [0.29, 0.717) is 0 Å². The molecule has 0 nitrogen and oxygen atoms in total. The summed E-state index contributed by atoms with van der Waals surface area (Å²) < 4.78 is 0. The van der Waals surface area contributed by atoms with Crippen LogP contribution in [-0.2, 0) is 0 Å². The maximum atomic E-state index is 3.73. The van der Waals surface area contributed by atoms with Crippen LogP contribution in [0, 0.1) is 0 Å². The van der Waals surface area contributed by atoms with Gasteiger partial charge in [-0.3, -0.25) is 0 Å². The van der Waals surface area contributed by atoms with E-state index in [0.717, 1.165) is 25.7 Å². The second kappa shape index (κ2) is 20.2. The predicted octanol–water partition coefficient (Wildman–Crippen LogP) is 10.4. The zero-order valence-electron chi connectivity index (χ0n) is 21.3. The SMILES string of the molecule is C=CC(C)=CCC=C(C)CCC=C(C)C.C=CC(C)=CCC=C(C)CCC=C(C)C. The molecule has 0 aliphatic carbocycles. The molecule has 0 saturated carbocycles. The molecule has 0 aromatic rings. The molecule has 30 heavy (non-hydrogen) atoms. The van der Waals surface area contributed by atoms with E-state index in [-0.39, 0.29) is 0 Å². The Labute approximate surface area is 189 Å². The molecular formula is C30H48. The van der Waals surface area contributed by atoms with E-state index in [1.54, 1.807) is 0 Å². The van der Waals surface area contributed by atoms with Gasteiger partial charge in [-0.1, -0.05) is 95.2 Å². The van der Waals surface area contributed by atoms with Crippen LogP contribution in [0.5, 0.6) is 0 Å². The molecule has 0 heteroatoms. The van der Waals surface area contributed by atoms with Gasteiger partial charge in [0.2, 0.25) is 0 Å². The summed E-state index contributed by atoms with van der Waals surface area (Å²) >= 11 is 0. The quantitative estimate of drug-likeness (QED) is 0.222. The van der Waals surface area contributed by atoms with Gasteiger partial charge in [0, 0.05) is 0 Å². The Morgan fingerprint density at radius 3 is 1.10 bits per heavy atom. The molecule has 0 fully saturated rings. The van der Waals surface area contributed by atoms with Crippen molar-refractivity contribution in [2.75, 3.05) is 0 Å². The van der Waals surface area contributed by atoms with Crippen molar-refractivity contribution in [1.82, 2.24) is 0 Å². The minimum absolute atomic E-state index is 1.03. The average molecular weight is 409 g/mol. The van der Waals surface area contributed by atoms with Gasteiger partial charge in [0.15, 0.2) is 0 Å². The minimum Gasteiger partial charge on any atom is -0.0988 e. The molecule has 0 aliphatic heterocycles. The van der Waals surface area contributed by atoms with E-state index in [4.69, 9.17) is 0 Å². The highest BCUT2D eigenvalue weighted by atomic mass is 14.0. The van der Waals surface area contributed by atoms with Crippen LogP contribution in [0.2, 0.25) is 0 Å². The smallest absolute Gasteiger partial charge is 0.0161 e. The summed E-state index contributed by atoms with van der Waals surface area (Å²) in [7, 11) is 0. The van der Waals surface area contributed by atoms with Crippen LogP contribution in [0.25, 0.3) is 0 Å². The van der Waals surface area contributed by atoms with Crippen LogP contribution in [0.3, 0.4) is 0 Å². The van der Waals surface area contributed by atoms with Crippen molar-refractivity contribution < 1.29 is 0 Å². The number of allylic oxidation sites excluding steroid dienone is 14. The van der Waals surface area contributed by atoms with Crippen molar-refractivity contribution in [2.24, 2.45) is 0 Å². The van der Waals surface area contributed by atoms with Crippen molar-refractivity contribution in [2.45, 2.75) is 93.9 Å². The summed E-state index contributed by atoms with van der Waals surface area (Å²) in [4.78, 5) is 0. The lowest BCUT2D eigenvalue weighted by atomic mass is 10.1. The van der Waals surface area contributed by atoms with E-state index in [1.165, 1.54) is 46.3 Å². The highest BCUT2D eigenvalue weighted by Gasteiger charge is 1.89. The fraction of sp³-hybridized carbons (Fsp3) is 0.467. The Hall–Kier alpha value is -2.08. The molecule has 0 unspecified atom stereocenters. The first-order valence-corrected chi connectivity index (χ1v) is 11.3. The highest BCUT2D eigenvalue weighted by Crippen LogP contribution is 2.09. The first kappa shape index (κ1) is 30.1. The monoisotopic (exact) mass is 408 g/mol. The third-order valence-electron chi connectivity index (χ3n) is 4.64. The van der Waals surface area contributed by atoms with E-state index in [9.17, 15) is 0 Å². The number of hydrogen-bond acceptors (Lipinski definition) is 0. The minimum atomic E-state index is 1.03. The van der Waals surface area contributed by atoms with Crippen LogP contribution in [0.4, 0.5) is 0 Å². The summed E-state index contributed by atoms with van der Waals surface area (Å²) in [6.07, 6.45) is 24.1. The molecule has 0 rings (SSSR count). The van der Waals surface area contributed by atoms with Crippen LogP contribution >= 0.6 is 0 Å². The fourth-order valence-corrected chi connectivity index (χ4v) is 2.44. The van der Waals surface area contributed by atoms with Crippen LogP contribution < -0.4 is 0 Å². The number of hydrogen-bond donors (Lipinski definition) is 0. The van der Waals surface area contributed by atoms with Crippen LogP contribution in [-0.4, -0.2) is 0 Å². The Balaban J connectivity index is 0. The molecule has 0 aliphatic rings. The van der Waals surface area contributed by atoms with Crippen molar-refractivity contribution in [3.63, 3.8) is 0 Å². The van der Waals surface area contributed by atoms with Gasteiger partial charge in [0.25, 0.3) is 0 Å². The molecule has 0 aromatic heterocycles. The predicted molar refractivity (Wildman–Crippen MR) is 142 cm³/mol. The lowest BCUT2D eigenvalue weighted by Gasteiger charge is -1.98. The molecule has 0 atom stereocenters. The van der Waals surface area contributed by atoms with E-state index < -0.39 is 0 Å². The molecule has 0 aromatic carbocycles. The zero-order valence-corrected chi connectivity index (χ0v) is 21.3. The summed E-state index contributed by atoms with van der Waals surface area (Å²) in [6.45, 7) is 24.6. The Bertz CT molecular complexity index is 601. The van der Waals surface area contributed by atoms with Crippen LogP contribution in [0.15, 0.2) is 95.2 Å². The summed E-state index contributed by atoms with van der Waals surface area (Å²) in [5.41, 5.74) is 8.27. The molecule has 0 radical (unpaired) electrons. The van der Waals surface area contributed by atoms with Crippen molar-refractivity contribution in [3.05, 3.63) is 95.2 Å². The Kier molecular flexibility index (Phi) is 20.3. The van der Waals surface area contributed by atoms with Gasteiger partial charge in [-0.05, 0) is 93.9 Å². The molecule has 0 heterocycles. The highest BCUT2D eigenvalue weighted by molar-refractivity contribution is 5.16. The molecule has 0 saturated heterocycles. The number of rotatable bonds is 12. The zero-order chi connectivity index (χ0) is 23.4. The molecule has 0 amide bonds. The average Bonchev–Trinajstić information content (AvgIpc) is 2.67. The first-order valence-electron chi connectivity index (χ1n) is 11.3. The standard InChI is InChI=1S/2C15H24/c2*1-6-14(4)10-8-12-15(5)11-7-9-13(2)3/h2*6,9-10,12H,1,7-8,11H2,2-5H3. The van der Waals surface area contributed by atoms with E-state index in [1.807, 2.05) is 12.2 Å². The van der Waals surface area contributed by atoms with E-state index in [2.05, 4.69) is 105 Å². The van der Waals surface area contributed by atoms with Gasteiger partial charge in [-0.15, -0.1) is 0 Å². The second-order valence-corrected chi connectivity index (χ2v) is 8.52. The third kappa shape index (κ3) is 24.0. The fourth-order valence-electron chi connectivity index (χ4n) is 2.44. The van der Waals surface area contributed by atoms with Crippen molar-refractivity contribution in [3.8, 4) is 0 Å². The summed E-state index contributed by atoms with van der Waals surface area (Å²) in [6, 6.07) is 0. The lowest BCUT2D eigenvalue weighted by molar-refractivity contribution is 0.958. The molecule has 168 valence electrons. The largest absolute Gasteiger partial charge is 0.0988 e. The third-order valence-corrected chi connectivity index (χ3v) is 4.64. The molecular weight excluding hydrogens is 360 g/mol. The molecule has 0 N–H and O–H groups in total. The van der Waals surface area contributed by atoms with Gasteiger partial charge in [0.1, 0.15) is 0 Å². The Morgan fingerprint density at radius 2 is 0.833 bits per heavy atom. The second-order valence-electron chi connectivity index (χ2n) is 8.52. The first-order chi connectivity index (χ1) is 14.1. The van der Waals surface area contributed by atoms with Gasteiger partial charge in [0.05, 0.1) is 0 Å². The van der Waals surface area contributed by atoms with E-state index >= 15 is 0 Å². The summed E-state index contributed by atoms with van der Waals surface area (Å²) in [5, 5.41) is 0. The van der Waals surface area contributed by atoms with Gasteiger partial charge < -0.3 is 0 Å². The van der Waals surface area contributed by atoms with Gasteiger partial charge in [-0.2, -0.15) is 0 Å². The maximum absolute atomic E-state index is 3.73. The maximum Gasteiger partial charge on any atom is -0.0161 e. The van der Waals surface area contributed by atoms with Crippen molar-refractivity contribution >= 4 is 0 Å². The molecule has 0 spiro atoms. The van der Waals surface area contributed by atoms with Crippen molar-refractivity contribution in [1.29, 1.82) is 0 Å². The normalized spacial score (nSPS) is 12.5. The van der Waals surface area contributed by atoms with Crippen LogP contribution in [0.1, 0.15) is 93.9 Å². The summed E-state index contributed by atoms with van der Waals surface area (Å²) in [5.74, 6) is 0. The Morgan fingerprint density at radius 1 is 0.500 bits per heavy atom. The topological polar surface area (TPSA) is 0 Å². The lowest BCUT2D eigenvalue weighted by Crippen LogP contribution is -1.77. The van der Waals surface area contributed by atoms with Gasteiger partial charge in [-0.25, -0.2) is 0 Å². The van der Waals surface area contributed by atoms with Gasteiger partial charge >= 0.3 is 0 Å².